The van der Waals surface area contributed by atoms with Crippen LogP contribution in [0.2, 0.25) is 0 Å². The lowest BCUT2D eigenvalue weighted by Crippen LogP contribution is -2.31. The van der Waals surface area contributed by atoms with Crippen LogP contribution in [0.15, 0.2) is 27.2 Å². The quantitative estimate of drug-likeness (QED) is 0.568. The monoisotopic (exact) mass is 438 g/mol. The van der Waals surface area contributed by atoms with Gasteiger partial charge >= 0.3 is 0 Å². The Bertz CT molecular complexity index is 743. The molecule has 0 saturated carbocycles. The Balaban J connectivity index is 2.29. The number of nitrogens with one attached hydrogen (secondary N) is 1. The van der Waals surface area contributed by atoms with Gasteiger partial charge in [0.2, 0.25) is 5.91 Å². The van der Waals surface area contributed by atoms with Crippen molar-refractivity contribution in [2.24, 2.45) is 0 Å². The topological polar surface area (TPSA) is 82.3 Å². The Hall–Kier alpha value is -1.65. The van der Waals surface area contributed by atoms with E-state index in [4.69, 9.17) is 4.74 Å². The second-order valence-corrected chi connectivity index (χ2v) is 8.08. The van der Waals surface area contributed by atoms with E-state index in [-0.39, 0.29) is 24.0 Å². The molecule has 0 spiro atoms. The molecule has 140 valence electrons. The van der Waals surface area contributed by atoms with Gasteiger partial charge in [-0.25, -0.2) is 0 Å². The summed E-state index contributed by atoms with van der Waals surface area (Å²) in [6.07, 6.45) is 4.77. The molecule has 0 bridgehead atoms. The van der Waals surface area contributed by atoms with Crippen LogP contribution in [0.4, 0.5) is 0 Å². The van der Waals surface area contributed by atoms with Gasteiger partial charge in [-0.15, -0.1) is 11.8 Å². The first-order chi connectivity index (χ1) is 12.5. The van der Waals surface area contributed by atoms with Gasteiger partial charge in [0.1, 0.15) is 0 Å². The van der Waals surface area contributed by atoms with Crippen molar-refractivity contribution in [1.29, 1.82) is 5.26 Å². The average molecular weight is 439 g/mol. The van der Waals surface area contributed by atoms with E-state index in [0.29, 0.717) is 20.8 Å². The van der Waals surface area contributed by atoms with Crippen LogP contribution < -0.4 is 10.1 Å². The van der Waals surface area contributed by atoms with E-state index in [1.807, 2.05) is 0 Å². The second kappa shape index (κ2) is 9.89. The second-order valence-electron chi connectivity index (χ2n) is 6.12. The summed E-state index contributed by atoms with van der Waals surface area (Å²) in [5.74, 6) is 0.734. The molecule has 1 atom stereocenters. The van der Waals surface area contributed by atoms with Crippen molar-refractivity contribution in [3.8, 4) is 17.6 Å². The van der Waals surface area contributed by atoms with Gasteiger partial charge in [-0.05, 0) is 45.8 Å². The summed E-state index contributed by atoms with van der Waals surface area (Å²) in [6, 6.07) is 5.70. The highest BCUT2D eigenvalue weighted by Crippen LogP contribution is 2.42. The van der Waals surface area contributed by atoms with Gasteiger partial charge in [0.05, 0.1) is 28.3 Å². The third kappa shape index (κ3) is 4.95. The number of phenolic OH excluding ortho intramolecular Hbond substituents is 1. The van der Waals surface area contributed by atoms with Crippen LogP contribution in [-0.2, 0) is 4.79 Å². The fraction of sp³-hybridized carbons (Fsp3) is 0.474. The molecule has 7 heteroatoms. The van der Waals surface area contributed by atoms with Gasteiger partial charge in [0, 0.05) is 12.3 Å². The summed E-state index contributed by atoms with van der Waals surface area (Å²) >= 11 is 4.84. The van der Waals surface area contributed by atoms with E-state index < -0.39 is 0 Å². The van der Waals surface area contributed by atoms with Crippen LogP contribution in [-0.4, -0.2) is 23.9 Å². The maximum absolute atomic E-state index is 12.2. The molecule has 0 aromatic heterocycles. The number of ether oxygens (including phenoxy) is 1. The number of amides is 1. The van der Waals surface area contributed by atoms with Gasteiger partial charge in [-0.2, -0.15) is 5.26 Å². The molecule has 2 rings (SSSR count). The van der Waals surface area contributed by atoms with Crippen molar-refractivity contribution in [1.82, 2.24) is 5.32 Å². The highest BCUT2D eigenvalue weighted by Gasteiger charge is 2.30. The molecule has 2 N–H and O–H groups in total. The minimum absolute atomic E-state index is 0.00419. The smallest absolute Gasteiger partial charge is 0.225 e. The number of nitriles is 1. The molecule has 1 heterocycles. The number of hydrogen-bond donors (Lipinski definition) is 2. The highest BCUT2D eigenvalue weighted by molar-refractivity contribution is 9.10. The van der Waals surface area contributed by atoms with Crippen molar-refractivity contribution in [2.75, 3.05) is 12.9 Å². The van der Waals surface area contributed by atoms with Crippen LogP contribution in [0.1, 0.15) is 50.5 Å². The number of nitrogens with zero attached hydrogens (tertiary/aromatic N) is 1. The van der Waals surface area contributed by atoms with Gasteiger partial charge in [0.25, 0.3) is 0 Å². The zero-order valence-corrected chi connectivity index (χ0v) is 17.4. The molecule has 5 nitrogen and oxygen atoms in total. The van der Waals surface area contributed by atoms with E-state index in [9.17, 15) is 15.2 Å². The van der Waals surface area contributed by atoms with Gasteiger partial charge in [-0.1, -0.05) is 26.2 Å². The molecule has 1 aliphatic heterocycles. The Morgan fingerprint density at radius 2 is 2.19 bits per heavy atom. The van der Waals surface area contributed by atoms with Crippen molar-refractivity contribution in [3.05, 3.63) is 32.8 Å². The summed E-state index contributed by atoms with van der Waals surface area (Å²) in [5.41, 5.74) is 1.33. The number of benzene rings is 1. The molecule has 0 saturated heterocycles. The number of carbonyl (C=O) groups is 1. The predicted molar refractivity (Wildman–Crippen MR) is 107 cm³/mol. The van der Waals surface area contributed by atoms with Crippen molar-refractivity contribution in [2.45, 2.75) is 44.9 Å². The minimum atomic E-state index is -0.349. The summed E-state index contributed by atoms with van der Waals surface area (Å²) in [5, 5.41) is 23.2. The molecule has 1 unspecified atom stereocenters. The van der Waals surface area contributed by atoms with Gasteiger partial charge < -0.3 is 15.2 Å². The summed E-state index contributed by atoms with van der Waals surface area (Å²) in [6.45, 7) is 2.17. The van der Waals surface area contributed by atoms with E-state index in [1.165, 1.54) is 31.7 Å². The number of carbonyl (C=O) groups excluding carboxylic acids is 1. The van der Waals surface area contributed by atoms with Crippen molar-refractivity contribution in [3.63, 3.8) is 0 Å². The molecule has 1 amide bonds. The summed E-state index contributed by atoms with van der Waals surface area (Å²) in [4.78, 5) is 12.2. The molecule has 1 aromatic carbocycles. The number of hydrogen-bond acceptors (Lipinski definition) is 5. The minimum Gasteiger partial charge on any atom is -0.503 e. The van der Waals surface area contributed by atoms with Crippen LogP contribution in [0.3, 0.4) is 0 Å². The van der Waals surface area contributed by atoms with Gasteiger partial charge in [0.15, 0.2) is 11.5 Å². The SMILES string of the molecule is CCCCCCSC1=C(C#N)C(c2cc(Br)c(O)c(OC)c2)CC(=O)N1. The van der Waals surface area contributed by atoms with Crippen LogP contribution in [0.5, 0.6) is 11.5 Å². The number of thioether (sulfide) groups is 1. The van der Waals surface area contributed by atoms with Crippen LogP contribution in [0, 0.1) is 11.3 Å². The third-order valence-corrected chi connectivity index (χ3v) is 5.98. The number of phenols is 1. The van der Waals surface area contributed by atoms with E-state index in [0.717, 1.165) is 24.2 Å². The highest BCUT2D eigenvalue weighted by atomic mass is 79.9. The molecule has 26 heavy (non-hydrogen) atoms. The van der Waals surface area contributed by atoms with Crippen molar-refractivity contribution >= 4 is 33.6 Å². The lowest BCUT2D eigenvalue weighted by molar-refractivity contribution is -0.120. The fourth-order valence-corrected chi connectivity index (χ4v) is 4.41. The Kier molecular flexibility index (Phi) is 7.85. The number of allylic oxidation sites excluding steroid dienone is 1. The molecule has 1 aliphatic rings. The Morgan fingerprint density at radius 3 is 2.85 bits per heavy atom. The number of methoxy groups -OCH3 is 1. The number of unbranched alkanes of at least 4 members (excludes halogenated alkanes) is 3. The Morgan fingerprint density at radius 1 is 1.42 bits per heavy atom. The first-order valence-electron chi connectivity index (χ1n) is 8.65. The number of halogens is 1. The fourth-order valence-electron chi connectivity index (χ4n) is 2.87. The summed E-state index contributed by atoms with van der Waals surface area (Å²) < 4.78 is 5.67. The average Bonchev–Trinajstić information content (AvgIpc) is 2.63. The molecular weight excluding hydrogens is 416 g/mol. The zero-order valence-electron chi connectivity index (χ0n) is 15.0. The summed E-state index contributed by atoms with van der Waals surface area (Å²) in [7, 11) is 1.47. The van der Waals surface area contributed by atoms with Crippen molar-refractivity contribution < 1.29 is 14.6 Å². The van der Waals surface area contributed by atoms with Crippen LogP contribution >= 0.6 is 27.7 Å². The predicted octanol–water partition coefficient (Wildman–Crippen LogP) is 4.82. The standard InChI is InChI=1S/C19H23BrN2O3S/c1-3-4-5-6-7-26-19-14(11-21)13(10-17(23)22-19)12-8-15(20)18(24)16(9-12)25-2/h8-9,13,24H,3-7,10H2,1-2H3,(H,22,23). The molecule has 0 radical (unpaired) electrons. The normalized spacial score (nSPS) is 17.0. The van der Waals surface area contributed by atoms with E-state index >= 15 is 0 Å². The molecular formula is C19H23BrN2O3S. The van der Waals surface area contributed by atoms with Gasteiger partial charge in [-0.3, -0.25) is 4.79 Å². The lowest BCUT2D eigenvalue weighted by Gasteiger charge is -2.25. The molecule has 1 aromatic rings. The molecule has 0 aliphatic carbocycles. The third-order valence-electron chi connectivity index (χ3n) is 4.27. The molecule has 0 fully saturated rings. The van der Waals surface area contributed by atoms with E-state index in [2.05, 4.69) is 34.2 Å². The first-order valence-corrected chi connectivity index (χ1v) is 10.4. The number of rotatable bonds is 8. The van der Waals surface area contributed by atoms with Crippen LogP contribution in [0.25, 0.3) is 0 Å². The Labute approximate surface area is 166 Å². The maximum atomic E-state index is 12.2. The zero-order chi connectivity index (χ0) is 19.1. The maximum Gasteiger partial charge on any atom is 0.225 e. The number of aromatic hydroxyl groups is 1. The van der Waals surface area contributed by atoms with E-state index in [1.54, 1.807) is 12.1 Å². The first kappa shape index (κ1) is 20.7. The largest absolute Gasteiger partial charge is 0.503 e. The lowest BCUT2D eigenvalue weighted by atomic mass is 9.87.